The van der Waals surface area contributed by atoms with Crippen LogP contribution in [0.5, 0.6) is 0 Å². The van der Waals surface area contributed by atoms with E-state index in [-0.39, 0.29) is 5.69 Å². The van der Waals surface area contributed by atoms with E-state index >= 15 is 0 Å². The van der Waals surface area contributed by atoms with Crippen LogP contribution in [0.15, 0.2) is 15.2 Å². The highest BCUT2D eigenvalue weighted by Gasteiger charge is 2.17. The third-order valence-corrected chi connectivity index (χ3v) is 3.61. The number of nitrogens with one attached hydrogen (secondary N) is 1. The second kappa shape index (κ2) is 5.95. The molecule has 0 spiro atoms. The fraction of sp³-hybridized carbons (Fsp3) is 0.364. The van der Waals surface area contributed by atoms with Gasteiger partial charge in [-0.05, 0) is 29.8 Å². The molecule has 2 aromatic heterocycles. The molecule has 0 saturated carbocycles. The first-order valence-electron chi connectivity index (χ1n) is 5.81. The van der Waals surface area contributed by atoms with Crippen molar-refractivity contribution in [1.29, 1.82) is 0 Å². The molecule has 1 N–H and O–H groups in total. The van der Waals surface area contributed by atoms with E-state index < -0.39 is 4.92 Å². The van der Waals surface area contributed by atoms with Gasteiger partial charge >= 0.3 is 0 Å². The van der Waals surface area contributed by atoms with Gasteiger partial charge in [0.05, 0.1) is 9.40 Å². The topological polar surface area (TPSA) is 107 Å². The van der Waals surface area contributed by atoms with Gasteiger partial charge in [0.15, 0.2) is 5.82 Å². The van der Waals surface area contributed by atoms with Crippen LogP contribution in [0.1, 0.15) is 17.3 Å². The summed E-state index contributed by atoms with van der Waals surface area (Å²) in [5, 5.41) is 17.5. The summed E-state index contributed by atoms with van der Waals surface area (Å²) >= 11 is 3.31. The van der Waals surface area contributed by atoms with Crippen LogP contribution < -0.4 is 5.32 Å². The molecule has 0 amide bonds. The van der Waals surface area contributed by atoms with Gasteiger partial charge in [0.1, 0.15) is 12.0 Å². The van der Waals surface area contributed by atoms with Crippen LogP contribution >= 0.6 is 15.9 Å². The summed E-state index contributed by atoms with van der Waals surface area (Å²) in [4.78, 5) is 18.4. The number of halogens is 1. The smallest absolute Gasteiger partial charge is 0.291 e. The minimum atomic E-state index is -0.460. The van der Waals surface area contributed by atoms with Gasteiger partial charge in [-0.15, -0.1) is 0 Å². The second-order valence-corrected chi connectivity index (χ2v) is 4.89. The number of aromatic nitrogens is 3. The predicted molar refractivity (Wildman–Crippen MR) is 74.6 cm³/mol. The predicted octanol–water partition coefficient (Wildman–Crippen LogP) is 2.41. The van der Waals surface area contributed by atoms with Crippen molar-refractivity contribution in [2.45, 2.75) is 20.3 Å². The first-order chi connectivity index (χ1) is 9.49. The molecule has 0 radical (unpaired) electrons. The summed E-state index contributed by atoms with van der Waals surface area (Å²) in [6.45, 7) is 3.94. The van der Waals surface area contributed by atoms with Crippen LogP contribution in [0.25, 0.3) is 0 Å². The van der Waals surface area contributed by atoms with Gasteiger partial charge in [0.2, 0.25) is 5.89 Å². The lowest BCUT2D eigenvalue weighted by Gasteiger charge is -2.08. The summed E-state index contributed by atoms with van der Waals surface area (Å²) in [6.07, 6.45) is 1.78. The summed E-state index contributed by atoms with van der Waals surface area (Å²) < 4.78 is 5.56. The van der Waals surface area contributed by atoms with Gasteiger partial charge in [0, 0.05) is 18.5 Å². The van der Waals surface area contributed by atoms with E-state index in [1.807, 2.05) is 0 Å². The van der Waals surface area contributed by atoms with Gasteiger partial charge < -0.3 is 9.84 Å². The van der Waals surface area contributed by atoms with Crippen LogP contribution in [0.2, 0.25) is 0 Å². The average Bonchev–Trinajstić information content (AvgIpc) is 2.80. The molecule has 2 aromatic rings. The van der Waals surface area contributed by atoms with Crippen molar-refractivity contribution in [3.05, 3.63) is 38.1 Å². The van der Waals surface area contributed by atoms with Crippen molar-refractivity contribution in [1.82, 2.24) is 15.1 Å². The lowest BCUT2D eigenvalue weighted by molar-refractivity contribution is -0.385. The van der Waals surface area contributed by atoms with E-state index in [4.69, 9.17) is 4.52 Å². The Balaban J connectivity index is 2.03. The van der Waals surface area contributed by atoms with Crippen LogP contribution in [0.3, 0.4) is 0 Å². The minimum Gasteiger partial charge on any atom is -0.369 e. The minimum absolute atomic E-state index is 0.0186. The molecule has 2 heterocycles. The first-order valence-corrected chi connectivity index (χ1v) is 6.61. The summed E-state index contributed by atoms with van der Waals surface area (Å²) in [7, 11) is 0. The number of nitrogens with zero attached hydrogens (tertiary/aromatic N) is 4. The third-order valence-electron chi connectivity index (χ3n) is 2.63. The van der Waals surface area contributed by atoms with Gasteiger partial charge in [-0.2, -0.15) is 4.98 Å². The molecule has 0 fully saturated rings. The van der Waals surface area contributed by atoms with Gasteiger partial charge in [-0.25, -0.2) is 4.98 Å². The Morgan fingerprint density at radius 1 is 1.50 bits per heavy atom. The van der Waals surface area contributed by atoms with Crippen molar-refractivity contribution in [2.75, 3.05) is 11.9 Å². The van der Waals surface area contributed by atoms with Gasteiger partial charge in [-0.1, -0.05) is 5.16 Å². The number of rotatable bonds is 5. The quantitative estimate of drug-likeness (QED) is 0.657. The van der Waals surface area contributed by atoms with E-state index in [0.29, 0.717) is 40.5 Å². The molecule has 0 atom stereocenters. The van der Waals surface area contributed by atoms with Gasteiger partial charge in [-0.3, -0.25) is 10.1 Å². The van der Waals surface area contributed by atoms with E-state index in [9.17, 15) is 10.1 Å². The zero-order valence-corrected chi connectivity index (χ0v) is 12.5. The molecule has 0 saturated heterocycles. The summed E-state index contributed by atoms with van der Waals surface area (Å²) in [6, 6.07) is 0. The zero-order chi connectivity index (χ0) is 14.7. The Bertz CT molecular complexity index is 643. The molecule has 0 aromatic carbocycles. The summed E-state index contributed by atoms with van der Waals surface area (Å²) in [5.41, 5.74) is 0.510. The van der Waals surface area contributed by atoms with Crippen LogP contribution in [-0.2, 0) is 6.42 Å². The molecule has 8 nitrogen and oxygen atoms in total. The van der Waals surface area contributed by atoms with Gasteiger partial charge in [0.25, 0.3) is 5.69 Å². The maximum absolute atomic E-state index is 10.8. The van der Waals surface area contributed by atoms with Crippen molar-refractivity contribution >= 4 is 27.4 Å². The van der Waals surface area contributed by atoms with E-state index in [1.54, 1.807) is 13.8 Å². The zero-order valence-electron chi connectivity index (χ0n) is 10.9. The molecule has 2 rings (SSSR count). The molecule has 20 heavy (non-hydrogen) atoms. The highest BCUT2D eigenvalue weighted by atomic mass is 79.9. The van der Waals surface area contributed by atoms with Crippen molar-refractivity contribution < 1.29 is 9.45 Å². The SMILES string of the molecule is Cc1noc(CCNc2ncc([N+](=O)[O-])c(C)c2Br)n1. The number of nitro groups is 1. The Morgan fingerprint density at radius 3 is 2.85 bits per heavy atom. The van der Waals surface area contributed by atoms with Crippen molar-refractivity contribution in [3.63, 3.8) is 0 Å². The second-order valence-electron chi connectivity index (χ2n) is 4.10. The maximum Gasteiger partial charge on any atom is 0.291 e. The lowest BCUT2D eigenvalue weighted by atomic mass is 10.2. The van der Waals surface area contributed by atoms with Crippen LogP contribution in [0, 0.1) is 24.0 Å². The maximum atomic E-state index is 10.8. The average molecular weight is 342 g/mol. The third kappa shape index (κ3) is 3.10. The van der Waals surface area contributed by atoms with Crippen molar-refractivity contribution in [2.24, 2.45) is 0 Å². The number of aryl methyl sites for hydroxylation is 1. The highest BCUT2D eigenvalue weighted by molar-refractivity contribution is 9.10. The fourth-order valence-corrected chi connectivity index (χ4v) is 2.05. The standard InChI is InChI=1S/C11H12BrN5O3/c1-6-8(17(18)19)5-14-11(10(6)12)13-4-3-9-15-7(2)16-20-9/h5H,3-4H2,1-2H3,(H,13,14). The molecule has 0 unspecified atom stereocenters. The number of hydrogen-bond acceptors (Lipinski definition) is 7. The Kier molecular flexibility index (Phi) is 4.28. The summed E-state index contributed by atoms with van der Waals surface area (Å²) in [5.74, 6) is 1.67. The molecule has 0 aliphatic heterocycles. The van der Waals surface area contributed by atoms with E-state index in [1.165, 1.54) is 6.20 Å². The first kappa shape index (κ1) is 14.4. The molecule has 0 aliphatic rings. The van der Waals surface area contributed by atoms with Crippen LogP contribution in [-0.4, -0.2) is 26.6 Å². The fourth-order valence-electron chi connectivity index (χ4n) is 1.61. The molecule has 106 valence electrons. The van der Waals surface area contributed by atoms with Crippen LogP contribution in [0.4, 0.5) is 11.5 Å². The van der Waals surface area contributed by atoms with Crippen molar-refractivity contribution in [3.8, 4) is 0 Å². The molecular weight excluding hydrogens is 330 g/mol. The number of anilines is 1. The molecular formula is C11H12BrN5O3. The lowest BCUT2D eigenvalue weighted by Crippen LogP contribution is -2.08. The highest BCUT2D eigenvalue weighted by Crippen LogP contribution is 2.30. The normalized spacial score (nSPS) is 10.6. The Morgan fingerprint density at radius 2 is 2.25 bits per heavy atom. The monoisotopic (exact) mass is 341 g/mol. The Hall–Kier alpha value is -2.03. The molecule has 9 heteroatoms. The van der Waals surface area contributed by atoms with E-state index in [2.05, 4.69) is 36.4 Å². The Labute approximate surface area is 122 Å². The molecule has 0 bridgehead atoms. The number of hydrogen-bond donors (Lipinski definition) is 1. The van der Waals surface area contributed by atoms with E-state index in [0.717, 1.165) is 0 Å². The molecule has 0 aliphatic carbocycles. The largest absolute Gasteiger partial charge is 0.369 e. The number of pyridine rings is 1.